The topological polar surface area (TPSA) is 9.23 Å². The van der Waals surface area contributed by atoms with Crippen molar-refractivity contribution in [1.29, 1.82) is 0 Å². The second-order valence-electron chi connectivity index (χ2n) is 4.63. The Morgan fingerprint density at radius 3 is 1.57 bits per heavy atom. The van der Waals surface area contributed by atoms with E-state index in [2.05, 4.69) is 41.5 Å². The summed E-state index contributed by atoms with van der Waals surface area (Å²) in [5.74, 6) is 0. The SMILES string of the molecule is CC(C)[Si](OSCF)(C(C)C)C(C)C. The Hall–Kier alpha value is 0.457. The van der Waals surface area contributed by atoms with Crippen LogP contribution in [0.15, 0.2) is 0 Å². The van der Waals surface area contributed by atoms with E-state index >= 15 is 0 Å². The molecule has 0 aromatic rings. The molecule has 86 valence electrons. The van der Waals surface area contributed by atoms with E-state index in [1.807, 2.05) is 0 Å². The van der Waals surface area contributed by atoms with Gasteiger partial charge in [0, 0.05) is 12.0 Å². The van der Waals surface area contributed by atoms with Crippen LogP contribution in [-0.2, 0) is 3.87 Å². The lowest BCUT2D eigenvalue weighted by Crippen LogP contribution is -2.46. The second kappa shape index (κ2) is 6.13. The second-order valence-corrected chi connectivity index (χ2v) is 10.9. The van der Waals surface area contributed by atoms with Gasteiger partial charge in [0.25, 0.3) is 0 Å². The summed E-state index contributed by atoms with van der Waals surface area (Å²) in [5, 5.41) is 0. The number of halogens is 1. The minimum Gasteiger partial charge on any atom is -0.354 e. The van der Waals surface area contributed by atoms with Crippen molar-refractivity contribution in [3.8, 4) is 0 Å². The van der Waals surface area contributed by atoms with Crippen LogP contribution in [0.4, 0.5) is 4.39 Å². The number of hydrogen-bond donors (Lipinski definition) is 0. The number of hydrogen-bond acceptors (Lipinski definition) is 2. The first-order chi connectivity index (χ1) is 6.39. The van der Waals surface area contributed by atoms with Crippen molar-refractivity contribution >= 4 is 20.4 Å². The third kappa shape index (κ3) is 2.97. The molecule has 0 saturated carbocycles. The lowest BCUT2D eigenvalue weighted by molar-refractivity contribution is 0.519. The zero-order valence-corrected chi connectivity index (χ0v) is 12.0. The van der Waals surface area contributed by atoms with Gasteiger partial charge in [0.1, 0.15) is 0 Å². The molecule has 0 atom stereocenters. The first kappa shape index (κ1) is 14.5. The van der Waals surface area contributed by atoms with Gasteiger partial charge in [0.15, 0.2) is 6.01 Å². The largest absolute Gasteiger partial charge is 0.354 e. The van der Waals surface area contributed by atoms with Crippen LogP contribution in [0.3, 0.4) is 0 Å². The van der Waals surface area contributed by atoms with Crippen LogP contribution in [0.25, 0.3) is 0 Å². The summed E-state index contributed by atoms with van der Waals surface area (Å²) in [6.45, 7) is 13.2. The maximum atomic E-state index is 12.2. The van der Waals surface area contributed by atoms with E-state index < -0.39 is 14.3 Å². The fourth-order valence-corrected chi connectivity index (χ4v) is 9.72. The molecule has 0 N–H and O–H groups in total. The zero-order chi connectivity index (χ0) is 11.4. The standard InChI is InChI=1S/C10H23FOSSi/c1-8(2)14(9(3)4,10(5)6)12-13-7-11/h8-10H,7H2,1-6H3. The van der Waals surface area contributed by atoms with Crippen molar-refractivity contribution in [3.05, 3.63) is 0 Å². The van der Waals surface area contributed by atoms with Crippen LogP contribution in [0.5, 0.6) is 0 Å². The molecule has 0 aromatic heterocycles. The molecule has 0 heterocycles. The minimum absolute atomic E-state index is 0.444. The van der Waals surface area contributed by atoms with E-state index in [9.17, 15) is 4.39 Å². The highest BCUT2D eigenvalue weighted by Crippen LogP contribution is 2.44. The highest BCUT2D eigenvalue weighted by molar-refractivity contribution is 7.95. The molecule has 0 aliphatic carbocycles. The van der Waals surface area contributed by atoms with Gasteiger partial charge in [0.2, 0.25) is 8.32 Å². The van der Waals surface area contributed by atoms with Gasteiger partial charge in [-0.05, 0) is 16.6 Å². The maximum Gasteiger partial charge on any atom is 0.219 e. The monoisotopic (exact) mass is 238 g/mol. The summed E-state index contributed by atoms with van der Waals surface area (Å²) in [7, 11) is -1.83. The smallest absolute Gasteiger partial charge is 0.219 e. The molecule has 0 bridgehead atoms. The van der Waals surface area contributed by atoms with Gasteiger partial charge in [-0.1, -0.05) is 41.5 Å². The summed E-state index contributed by atoms with van der Waals surface area (Å²) in [5.41, 5.74) is 1.59. The van der Waals surface area contributed by atoms with E-state index in [4.69, 9.17) is 3.87 Å². The van der Waals surface area contributed by atoms with E-state index in [0.29, 0.717) is 16.6 Å². The molecule has 0 amide bonds. The summed E-state index contributed by atoms with van der Waals surface area (Å²) >= 11 is 0.995. The van der Waals surface area contributed by atoms with Gasteiger partial charge in [-0.3, -0.25) is 0 Å². The Balaban J connectivity index is 4.76. The predicted octanol–water partition coefficient (Wildman–Crippen LogP) is 4.75. The molecule has 0 aromatic carbocycles. The Kier molecular flexibility index (Phi) is 6.33. The van der Waals surface area contributed by atoms with Gasteiger partial charge in [-0.2, -0.15) is 0 Å². The Morgan fingerprint density at radius 1 is 1.00 bits per heavy atom. The Labute approximate surface area is 93.1 Å². The molecule has 0 aliphatic rings. The fraction of sp³-hybridized carbons (Fsp3) is 1.00. The van der Waals surface area contributed by atoms with Crippen molar-refractivity contribution in [2.75, 3.05) is 6.01 Å². The molecule has 0 saturated heterocycles. The Morgan fingerprint density at radius 2 is 1.36 bits per heavy atom. The molecule has 0 aliphatic heterocycles. The lowest BCUT2D eigenvalue weighted by atomic mass is 10.5. The average molecular weight is 238 g/mol. The maximum absolute atomic E-state index is 12.2. The van der Waals surface area contributed by atoms with Gasteiger partial charge >= 0.3 is 0 Å². The van der Waals surface area contributed by atoms with Crippen molar-refractivity contribution < 1.29 is 8.26 Å². The van der Waals surface area contributed by atoms with Crippen molar-refractivity contribution in [1.82, 2.24) is 0 Å². The zero-order valence-electron chi connectivity index (χ0n) is 10.1. The predicted molar refractivity (Wildman–Crippen MR) is 65.7 cm³/mol. The molecular weight excluding hydrogens is 215 g/mol. The van der Waals surface area contributed by atoms with E-state index in [1.165, 1.54) is 0 Å². The third-order valence-electron chi connectivity index (χ3n) is 2.95. The highest BCUT2D eigenvalue weighted by Gasteiger charge is 2.45. The summed E-state index contributed by atoms with van der Waals surface area (Å²) in [6, 6.07) is -0.444. The van der Waals surface area contributed by atoms with Crippen LogP contribution >= 0.6 is 12.0 Å². The van der Waals surface area contributed by atoms with Crippen molar-refractivity contribution in [2.45, 2.75) is 58.2 Å². The third-order valence-corrected chi connectivity index (χ3v) is 10.1. The quantitative estimate of drug-likeness (QED) is 0.487. The van der Waals surface area contributed by atoms with Gasteiger partial charge in [-0.15, -0.1) is 0 Å². The highest BCUT2D eigenvalue weighted by atomic mass is 32.2. The molecular formula is C10H23FOSSi. The molecule has 0 rings (SSSR count). The molecule has 4 heteroatoms. The van der Waals surface area contributed by atoms with Crippen LogP contribution < -0.4 is 0 Å². The first-order valence-electron chi connectivity index (χ1n) is 5.26. The molecule has 0 unspecified atom stereocenters. The van der Waals surface area contributed by atoms with Crippen LogP contribution in [-0.4, -0.2) is 14.3 Å². The van der Waals surface area contributed by atoms with E-state index in [1.54, 1.807) is 0 Å². The summed E-state index contributed by atoms with van der Waals surface area (Å²) in [6.07, 6.45) is 0. The Bertz CT molecular complexity index is 140. The molecule has 0 fully saturated rings. The molecule has 0 spiro atoms. The summed E-state index contributed by atoms with van der Waals surface area (Å²) in [4.78, 5) is 0. The minimum atomic E-state index is -1.83. The first-order valence-corrected chi connectivity index (χ1v) is 8.31. The van der Waals surface area contributed by atoms with Crippen LogP contribution in [0.2, 0.25) is 16.6 Å². The summed E-state index contributed by atoms with van der Waals surface area (Å²) < 4.78 is 18.0. The normalized spacial score (nSPS) is 13.3. The molecule has 14 heavy (non-hydrogen) atoms. The average Bonchev–Trinajstić information content (AvgIpc) is 2.03. The molecule has 1 nitrogen and oxygen atoms in total. The van der Waals surface area contributed by atoms with Crippen LogP contribution in [0, 0.1) is 0 Å². The van der Waals surface area contributed by atoms with E-state index in [0.717, 1.165) is 12.0 Å². The lowest BCUT2D eigenvalue weighted by Gasteiger charge is -2.40. The van der Waals surface area contributed by atoms with Gasteiger partial charge in [-0.25, -0.2) is 4.39 Å². The molecule has 0 radical (unpaired) electrons. The fourth-order valence-electron chi connectivity index (χ4n) is 2.41. The van der Waals surface area contributed by atoms with Gasteiger partial charge in [0.05, 0.1) is 0 Å². The van der Waals surface area contributed by atoms with E-state index in [-0.39, 0.29) is 0 Å². The van der Waals surface area contributed by atoms with Crippen molar-refractivity contribution in [3.63, 3.8) is 0 Å². The van der Waals surface area contributed by atoms with Crippen molar-refractivity contribution in [2.24, 2.45) is 0 Å². The van der Waals surface area contributed by atoms with Crippen LogP contribution in [0.1, 0.15) is 41.5 Å². The number of alkyl halides is 1. The van der Waals surface area contributed by atoms with Gasteiger partial charge < -0.3 is 3.87 Å². The number of rotatable bonds is 6.